The van der Waals surface area contributed by atoms with Crippen molar-refractivity contribution in [3.05, 3.63) is 66.0 Å². The summed E-state index contributed by atoms with van der Waals surface area (Å²) in [5.74, 6) is -0.137. The average molecular weight is 267 g/mol. The lowest BCUT2D eigenvalue weighted by atomic mass is 9.96. The Bertz CT molecular complexity index is 591. The van der Waals surface area contributed by atoms with Crippen LogP contribution >= 0.6 is 0 Å². The third-order valence-electron chi connectivity index (χ3n) is 3.86. The number of esters is 1. The maximum absolute atomic E-state index is 12.5. The van der Waals surface area contributed by atoms with Gasteiger partial charge in [0.15, 0.2) is 0 Å². The third-order valence-corrected chi connectivity index (χ3v) is 3.86. The van der Waals surface area contributed by atoms with Crippen molar-refractivity contribution in [3.63, 3.8) is 0 Å². The van der Waals surface area contributed by atoms with Crippen molar-refractivity contribution in [2.45, 2.75) is 31.3 Å². The Labute approximate surface area is 118 Å². The van der Waals surface area contributed by atoms with Crippen molar-refractivity contribution in [2.24, 2.45) is 0 Å². The molecular formula is C17H17NO2. The van der Waals surface area contributed by atoms with Crippen LogP contribution in [-0.2, 0) is 14.9 Å². The fourth-order valence-electron chi connectivity index (χ4n) is 2.44. The van der Waals surface area contributed by atoms with Gasteiger partial charge in [0.25, 0.3) is 0 Å². The van der Waals surface area contributed by atoms with Crippen LogP contribution < -0.4 is 0 Å². The highest BCUT2D eigenvalue weighted by molar-refractivity contribution is 5.86. The van der Waals surface area contributed by atoms with Crippen molar-refractivity contribution >= 4 is 5.97 Å². The van der Waals surface area contributed by atoms with E-state index in [0.29, 0.717) is 0 Å². The van der Waals surface area contributed by atoms with E-state index in [9.17, 15) is 4.79 Å². The molecule has 1 atom stereocenters. The minimum Gasteiger partial charge on any atom is -0.455 e. The predicted molar refractivity (Wildman–Crippen MR) is 76.1 cm³/mol. The van der Waals surface area contributed by atoms with Gasteiger partial charge in [-0.05, 0) is 37.5 Å². The molecule has 0 amide bonds. The molecule has 20 heavy (non-hydrogen) atoms. The van der Waals surface area contributed by atoms with E-state index in [2.05, 4.69) is 4.98 Å². The van der Waals surface area contributed by atoms with Crippen molar-refractivity contribution in [2.75, 3.05) is 0 Å². The van der Waals surface area contributed by atoms with Gasteiger partial charge in [-0.25, -0.2) is 0 Å². The molecule has 0 radical (unpaired) electrons. The molecule has 3 rings (SSSR count). The first-order chi connectivity index (χ1) is 9.72. The molecule has 1 fully saturated rings. The smallest absolute Gasteiger partial charge is 0.317 e. The van der Waals surface area contributed by atoms with E-state index in [0.717, 1.165) is 24.1 Å². The van der Waals surface area contributed by atoms with Crippen LogP contribution in [0.2, 0.25) is 0 Å². The molecule has 102 valence electrons. The quantitative estimate of drug-likeness (QED) is 0.797. The summed E-state index contributed by atoms with van der Waals surface area (Å²) in [6.07, 6.45) is 3.13. The highest BCUT2D eigenvalue weighted by Crippen LogP contribution is 2.49. The van der Waals surface area contributed by atoms with Crippen molar-refractivity contribution in [3.8, 4) is 0 Å². The summed E-state index contributed by atoms with van der Waals surface area (Å²) in [5, 5.41) is 0. The summed E-state index contributed by atoms with van der Waals surface area (Å²) in [5.41, 5.74) is 1.41. The van der Waals surface area contributed by atoms with Gasteiger partial charge in [-0.3, -0.25) is 9.78 Å². The van der Waals surface area contributed by atoms with Crippen LogP contribution in [0, 0.1) is 0 Å². The largest absolute Gasteiger partial charge is 0.455 e. The Morgan fingerprint density at radius 1 is 1.15 bits per heavy atom. The number of hydrogen-bond donors (Lipinski definition) is 0. The van der Waals surface area contributed by atoms with Crippen LogP contribution in [0.3, 0.4) is 0 Å². The molecule has 1 heterocycles. The second-order valence-electron chi connectivity index (χ2n) is 5.25. The van der Waals surface area contributed by atoms with Gasteiger partial charge in [0.2, 0.25) is 0 Å². The maximum atomic E-state index is 12.5. The Kier molecular flexibility index (Phi) is 3.26. The minimum atomic E-state index is -0.426. The molecule has 0 bridgehead atoms. The molecule has 3 nitrogen and oxygen atoms in total. The van der Waals surface area contributed by atoms with Gasteiger partial charge >= 0.3 is 5.97 Å². The maximum Gasteiger partial charge on any atom is 0.317 e. The number of aromatic nitrogens is 1. The first-order valence-electron chi connectivity index (χ1n) is 6.90. The Balaban J connectivity index is 1.74. The van der Waals surface area contributed by atoms with Gasteiger partial charge in [0, 0.05) is 6.20 Å². The normalized spacial score (nSPS) is 17.2. The van der Waals surface area contributed by atoms with Crippen LogP contribution in [0.5, 0.6) is 0 Å². The first kappa shape index (κ1) is 12.9. The zero-order chi connectivity index (χ0) is 14.0. The van der Waals surface area contributed by atoms with E-state index in [4.69, 9.17) is 4.74 Å². The molecule has 1 aromatic heterocycles. The monoisotopic (exact) mass is 267 g/mol. The summed E-state index contributed by atoms with van der Waals surface area (Å²) in [6, 6.07) is 15.5. The third kappa shape index (κ3) is 2.31. The van der Waals surface area contributed by atoms with E-state index in [1.54, 1.807) is 6.20 Å². The molecule has 0 spiro atoms. The summed E-state index contributed by atoms with van der Waals surface area (Å²) < 4.78 is 5.62. The Morgan fingerprint density at radius 2 is 1.85 bits per heavy atom. The van der Waals surface area contributed by atoms with Gasteiger partial charge in [-0.15, -0.1) is 0 Å². The van der Waals surface area contributed by atoms with Crippen LogP contribution in [0.15, 0.2) is 54.7 Å². The number of carbonyl (C=O) groups is 1. The zero-order valence-electron chi connectivity index (χ0n) is 11.5. The zero-order valence-corrected chi connectivity index (χ0v) is 11.5. The van der Waals surface area contributed by atoms with E-state index in [-0.39, 0.29) is 12.1 Å². The molecule has 1 saturated carbocycles. The predicted octanol–water partition coefficient (Wildman–Crippen LogP) is 3.42. The van der Waals surface area contributed by atoms with Crippen LogP contribution in [-0.4, -0.2) is 11.0 Å². The number of benzene rings is 1. The number of carbonyl (C=O) groups excluding carboxylic acids is 1. The van der Waals surface area contributed by atoms with Gasteiger partial charge in [-0.2, -0.15) is 0 Å². The Hall–Kier alpha value is -2.16. The van der Waals surface area contributed by atoms with E-state index in [1.165, 1.54) is 0 Å². The van der Waals surface area contributed by atoms with Crippen molar-refractivity contribution in [1.82, 2.24) is 4.98 Å². The fourth-order valence-corrected chi connectivity index (χ4v) is 2.44. The number of hydrogen-bond acceptors (Lipinski definition) is 3. The highest BCUT2D eigenvalue weighted by atomic mass is 16.5. The lowest BCUT2D eigenvalue weighted by Crippen LogP contribution is -2.24. The van der Waals surface area contributed by atoms with Crippen LogP contribution in [0.25, 0.3) is 0 Å². The van der Waals surface area contributed by atoms with Gasteiger partial charge < -0.3 is 4.74 Å². The minimum absolute atomic E-state index is 0.137. The molecule has 1 aromatic carbocycles. The number of ether oxygens (including phenoxy) is 1. The molecule has 0 aliphatic heterocycles. The van der Waals surface area contributed by atoms with E-state index >= 15 is 0 Å². The summed E-state index contributed by atoms with van der Waals surface area (Å²) >= 11 is 0. The SMILES string of the molecule is C[C@@H](OC(=O)C1(c2ccccc2)CC1)c1ccccn1. The molecule has 2 aromatic rings. The standard InChI is InChI=1S/C17H17NO2/c1-13(15-9-5-6-12-18-15)20-16(19)17(10-11-17)14-7-3-2-4-8-14/h2-9,12-13H,10-11H2,1H3/t13-/m1/s1. The molecule has 3 heteroatoms. The van der Waals surface area contributed by atoms with Gasteiger partial charge in [0.05, 0.1) is 11.1 Å². The summed E-state index contributed by atoms with van der Waals surface area (Å²) in [7, 11) is 0. The number of pyridine rings is 1. The molecule has 1 aliphatic carbocycles. The fraction of sp³-hybridized carbons (Fsp3) is 0.294. The summed E-state index contributed by atoms with van der Waals surface area (Å²) in [4.78, 5) is 16.7. The van der Waals surface area contributed by atoms with E-state index in [1.807, 2.05) is 55.5 Å². The first-order valence-corrected chi connectivity index (χ1v) is 6.90. The number of rotatable bonds is 4. The molecule has 1 aliphatic rings. The van der Waals surface area contributed by atoms with Crippen LogP contribution in [0.4, 0.5) is 0 Å². The summed E-state index contributed by atoms with van der Waals surface area (Å²) in [6.45, 7) is 1.86. The lowest BCUT2D eigenvalue weighted by molar-refractivity contribution is -0.152. The van der Waals surface area contributed by atoms with Gasteiger partial charge in [-0.1, -0.05) is 36.4 Å². The number of nitrogens with zero attached hydrogens (tertiary/aromatic N) is 1. The Morgan fingerprint density at radius 3 is 2.45 bits per heavy atom. The topological polar surface area (TPSA) is 39.2 Å². The van der Waals surface area contributed by atoms with E-state index < -0.39 is 5.41 Å². The average Bonchev–Trinajstić information content (AvgIpc) is 3.31. The van der Waals surface area contributed by atoms with Crippen molar-refractivity contribution in [1.29, 1.82) is 0 Å². The molecular weight excluding hydrogens is 250 g/mol. The van der Waals surface area contributed by atoms with Crippen LogP contribution in [0.1, 0.15) is 37.1 Å². The molecule has 0 saturated heterocycles. The highest BCUT2D eigenvalue weighted by Gasteiger charge is 2.53. The second kappa shape index (κ2) is 5.08. The second-order valence-corrected chi connectivity index (χ2v) is 5.25. The van der Waals surface area contributed by atoms with Gasteiger partial charge in [0.1, 0.15) is 6.10 Å². The molecule has 0 N–H and O–H groups in total. The molecule has 0 unspecified atom stereocenters. The van der Waals surface area contributed by atoms with Crippen molar-refractivity contribution < 1.29 is 9.53 Å². The lowest BCUT2D eigenvalue weighted by Gasteiger charge is -2.18.